The minimum absolute atomic E-state index is 0.0440. The number of rotatable bonds is 1. The lowest BCUT2D eigenvalue weighted by molar-refractivity contribution is -0.137. The van der Waals surface area contributed by atoms with Gasteiger partial charge in [0, 0.05) is 18.3 Å². The van der Waals surface area contributed by atoms with Crippen molar-refractivity contribution in [1.82, 2.24) is 4.90 Å². The SMILES string of the molecule is CC1C2CC(C(=O)N(c3ccc(C(F)(F)F)cc3)C2)N1C(=O)OC(C)(C)C. The fourth-order valence-corrected chi connectivity index (χ4v) is 3.73. The van der Waals surface area contributed by atoms with E-state index in [-0.39, 0.29) is 17.9 Å². The molecule has 0 aliphatic carbocycles. The maximum Gasteiger partial charge on any atom is 0.416 e. The first-order chi connectivity index (χ1) is 12.4. The molecule has 2 aliphatic rings. The highest BCUT2D eigenvalue weighted by atomic mass is 19.4. The number of benzene rings is 1. The van der Waals surface area contributed by atoms with E-state index in [9.17, 15) is 22.8 Å². The van der Waals surface area contributed by atoms with Crippen LogP contribution in [0.2, 0.25) is 0 Å². The molecule has 3 atom stereocenters. The van der Waals surface area contributed by atoms with Crippen molar-refractivity contribution >= 4 is 17.7 Å². The molecule has 2 bridgehead atoms. The fraction of sp³-hybridized carbons (Fsp3) is 0.579. The van der Waals surface area contributed by atoms with E-state index in [1.807, 2.05) is 6.92 Å². The van der Waals surface area contributed by atoms with Gasteiger partial charge in [0.15, 0.2) is 0 Å². The van der Waals surface area contributed by atoms with Gasteiger partial charge in [-0.2, -0.15) is 13.2 Å². The molecule has 0 spiro atoms. The second kappa shape index (κ2) is 6.42. The van der Waals surface area contributed by atoms with Gasteiger partial charge in [0.2, 0.25) is 5.91 Å². The predicted molar refractivity (Wildman–Crippen MR) is 93.2 cm³/mol. The Balaban J connectivity index is 1.83. The normalized spacial score (nSPS) is 25.7. The highest BCUT2D eigenvalue weighted by Crippen LogP contribution is 2.39. The second-order valence-corrected chi connectivity index (χ2v) is 8.13. The molecule has 3 rings (SSSR count). The van der Waals surface area contributed by atoms with Crippen LogP contribution in [0, 0.1) is 5.92 Å². The Morgan fingerprint density at radius 2 is 1.74 bits per heavy atom. The molecular formula is C19H23F3N2O3. The van der Waals surface area contributed by atoms with E-state index in [0.717, 1.165) is 12.1 Å². The maximum atomic E-state index is 12.9. The lowest BCUT2D eigenvalue weighted by Gasteiger charge is -2.33. The summed E-state index contributed by atoms with van der Waals surface area (Å²) in [6, 6.07) is 3.69. The largest absolute Gasteiger partial charge is 0.444 e. The molecule has 2 fully saturated rings. The second-order valence-electron chi connectivity index (χ2n) is 8.13. The van der Waals surface area contributed by atoms with E-state index < -0.39 is 29.5 Å². The van der Waals surface area contributed by atoms with Crippen molar-refractivity contribution in [2.24, 2.45) is 5.92 Å². The number of likely N-dealkylation sites (tertiary alicyclic amines) is 1. The van der Waals surface area contributed by atoms with Crippen LogP contribution in [-0.2, 0) is 15.7 Å². The van der Waals surface area contributed by atoms with Gasteiger partial charge in [0.1, 0.15) is 11.6 Å². The number of hydrogen-bond donors (Lipinski definition) is 0. The summed E-state index contributed by atoms with van der Waals surface area (Å²) in [5.41, 5.74) is -1.03. The van der Waals surface area contributed by atoms with Gasteiger partial charge in [0.25, 0.3) is 0 Å². The quantitative estimate of drug-likeness (QED) is 0.734. The van der Waals surface area contributed by atoms with Crippen LogP contribution < -0.4 is 4.90 Å². The van der Waals surface area contributed by atoms with Gasteiger partial charge >= 0.3 is 12.3 Å². The average molecular weight is 384 g/mol. The van der Waals surface area contributed by atoms with Crippen molar-refractivity contribution in [2.75, 3.05) is 11.4 Å². The number of carbonyl (C=O) groups is 2. The number of anilines is 1. The van der Waals surface area contributed by atoms with Gasteiger partial charge in [-0.1, -0.05) is 0 Å². The summed E-state index contributed by atoms with van der Waals surface area (Å²) in [5, 5.41) is 0. The Morgan fingerprint density at radius 3 is 2.26 bits per heavy atom. The van der Waals surface area contributed by atoms with Crippen LogP contribution in [0.25, 0.3) is 0 Å². The smallest absolute Gasteiger partial charge is 0.416 e. The molecule has 0 saturated carbocycles. The summed E-state index contributed by atoms with van der Waals surface area (Å²) in [5.74, 6) is -0.247. The van der Waals surface area contributed by atoms with Crippen LogP contribution in [0.15, 0.2) is 24.3 Å². The van der Waals surface area contributed by atoms with E-state index >= 15 is 0 Å². The van der Waals surface area contributed by atoms with Gasteiger partial charge < -0.3 is 9.64 Å². The standard InChI is InChI=1S/C19H23F3N2O3/c1-11-12-9-15(24(11)17(26)27-18(2,3)4)16(25)23(10-12)14-7-5-13(6-8-14)19(20,21)22/h5-8,11-12,15H,9-10H2,1-4H3. The Labute approximate surface area is 156 Å². The number of alkyl halides is 3. The molecule has 5 nitrogen and oxygen atoms in total. The Bertz CT molecular complexity index is 740. The van der Waals surface area contributed by atoms with Gasteiger partial charge in [0.05, 0.1) is 5.56 Å². The van der Waals surface area contributed by atoms with Crippen LogP contribution in [-0.4, -0.2) is 41.1 Å². The van der Waals surface area contributed by atoms with Crippen molar-refractivity contribution in [3.05, 3.63) is 29.8 Å². The van der Waals surface area contributed by atoms with Gasteiger partial charge in [-0.25, -0.2) is 4.79 Å². The summed E-state index contributed by atoms with van der Waals surface area (Å²) < 4.78 is 43.7. The molecule has 3 unspecified atom stereocenters. The topological polar surface area (TPSA) is 49.9 Å². The first kappa shape index (κ1) is 19.5. The van der Waals surface area contributed by atoms with Crippen molar-refractivity contribution in [3.63, 3.8) is 0 Å². The van der Waals surface area contributed by atoms with Gasteiger partial charge in [-0.15, -0.1) is 0 Å². The van der Waals surface area contributed by atoms with E-state index in [1.165, 1.54) is 21.9 Å². The van der Waals surface area contributed by atoms with Crippen LogP contribution in [0.3, 0.4) is 0 Å². The van der Waals surface area contributed by atoms with Crippen molar-refractivity contribution in [1.29, 1.82) is 0 Å². The van der Waals surface area contributed by atoms with E-state index in [2.05, 4.69) is 0 Å². The summed E-state index contributed by atoms with van der Waals surface area (Å²) in [7, 11) is 0. The first-order valence-electron chi connectivity index (χ1n) is 8.88. The summed E-state index contributed by atoms with van der Waals surface area (Å²) in [6.45, 7) is 7.51. The molecule has 148 valence electrons. The number of ether oxygens (including phenoxy) is 1. The third-order valence-corrected chi connectivity index (χ3v) is 5.06. The zero-order valence-electron chi connectivity index (χ0n) is 15.7. The first-order valence-corrected chi connectivity index (χ1v) is 8.88. The average Bonchev–Trinajstić information content (AvgIpc) is 2.81. The number of nitrogens with zero attached hydrogens (tertiary/aromatic N) is 2. The molecule has 1 aromatic carbocycles. The molecule has 0 radical (unpaired) electrons. The number of hydrogen-bond acceptors (Lipinski definition) is 3. The van der Waals surface area contributed by atoms with E-state index in [1.54, 1.807) is 20.8 Å². The number of halogens is 3. The predicted octanol–water partition coefficient (Wildman–Crippen LogP) is 4.07. The Hall–Kier alpha value is -2.25. The van der Waals surface area contributed by atoms with Crippen LogP contribution in [0.4, 0.5) is 23.7 Å². The van der Waals surface area contributed by atoms with Crippen LogP contribution in [0.1, 0.15) is 39.7 Å². The molecule has 1 aromatic rings. The molecule has 2 heterocycles. The van der Waals surface area contributed by atoms with Crippen molar-refractivity contribution in [3.8, 4) is 0 Å². The number of fused-ring (bicyclic) bond motifs is 2. The zero-order valence-corrected chi connectivity index (χ0v) is 15.7. The highest BCUT2D eigenvalue weighted by molar-refractivity contribution is 6.00. The molecule has 0 aromatic heterocycles. The molecular weight excluding hydrogens is 361 g/mol. The lowest BCUT2D eigenvalue weighted by Crippen LogP contribution is -2.50. The number of amides is 2. The van der Waals surface area contributed by atoms with Gasteiger partial charge in [-0.05, 0) is 64.3 Å². The molecule has 2 saturated heterocycles. The molecule has 0 N–H and O–H groups in total. The molecule has 27 heavy (non-hydrogen) atoms. The summed E-state index contributed by atoms with van der Waals surface area (Å²) in [4.78, 5) is 28.5. The number of piperidine rings is 1. The monoisotopic (exact) mass is 384 g/mol. The molecule has 8 heteroatoms. The third-order valence-electron chi connectivity index (χ3n) is 5.06. The van der Waals surface area contributed by atoms with Crippen LogP contribution in [0.5, 0.6) is 0 Å². The molecule has 2 amide bonds. The van der Waals surface area contributed by atoms with Crippen LogP contribution >= 0.6 is 0 Å². The highest BCUT2D eigenvalue weighted by Gasteiger charge is 2.52. The zero-order chi connectivity index (χ0) is 20.1. The van der Waals surface area contributed by atoms with Crippen molar-refractivity contribution in [2.45, 2.75) is 58.0 Å². The van der Waals surface area contributed by atoms with Crippen molar-refractivity contribution < 1.29 is 27.5 Å². The minimum Gasteiger partial charge on any atom is -0.444 e. The number of carbonyl (C=O) groups excluding carboxylic acids is 2. The van der Waals surface area contributed by atoms with E-state index in [4.69, 9.17) is 4.74 Å². The lowest BCUT2D eigenvalue weighted by atomic mass is 9.94. The minimum atomic E-state index is -4.43. The third kappa shape index (κ3) is 3.75. The maximum absolute atomic E-state index is 12.9. The summed E-state index contributed by atoms with van der Waals surface area (Å²) >= 11 is 0. The Morgan fingerprint density at radius 1 is 1.15 bits per heavy atom. The van der Waals surface area contributed by atoms with E-state index in [0.29, 0.717) is 18.7 Å². The Kier molecular flexibility index (Phi) is 4.64. The fourth-order valence-electron chi connectivity index (χ4n) is 3.73. The summed E-state index contributed by atoms with van der Waals surface area (Å²) in [6.07, 6.45) is -4.42. The van der Waals surface area contributed by atoms with Gasteiger partial charge in [-0.3, -0.25) is 9.69 Å². The molecule has 2 aliphatic heterocycles.